The number of nitrogens with zero attached hydrogens (tertiary/aromatic N) is 3. The number of para-hydroxylation sites is 1. The highest BCUT2D eigenvalue weighted by atomic mass is 19.1. The average molecular weight is 414 g/mol. The predicted octanol–water partition coefficient (Wildman–Crippen LogP) is 2.76. The van der Waals surface area contributed by atoms with Crippen LogP contribution in [0.4, 0.5) is 10.1 Å². The van der Waals surface area contributed by atoms with Crippen LogP contribution in [0.1, 0.15) is 22.3 Å². The van der Waals surface area contributed by atoms with E-state index in [9.17, 15) is 9.18 Å². The number of hydrogen-bond acceptors (Lipinski definition) is 3. The molecule has 0 aliphatic heterocycles. The summed E-state index contributed by atoms with van der Waals surface area (Å²) >= 11 is 0. The maximum absolute atomic E-state index is 13.8. The van der Waals surface area contributed by atoms with Gasteiger partial charge in [-0.2, -0.15) is 0 Å². The number of anilines is 1. The molecule has 2 N–H and O–H groups in total. The van der Waals surface area contributed by atoms with Gasteiger partial charge in [0, 0.05) is 53.4 Å². The SMILES string of the molecule is CN=C(NCCCN(C)c1ccccc1F)NCCc1cccc(C(=O)N(C)C)c1. The smallest absolute Gasteiger partial charge is 0.253 e. The second-order valence-electron chi connectivity index (χ2n) is 7.30. The van der Waals surface area contributed by atoms with E-state index < -0.39 is 0 Å². The topological polar surface area (TPSA) is 60.0 Å². The molecule has 0 saturated heterocycles. The van der Waals surface area contributed by atoms with E-state index in [1.165, 1.54) is 6.07 Å². The van der Waals surface area contributed by atoms with Crippen molar-refractivity contribution in [3.63, 3.8) is 0 Å². The standard InChI is InChI=1S/C23H32FN5O/c1-25-23(26-14-8-16-29(4)21-12-6-5-11-20(21)24)27-15-13-18-9-7-10-19(17-18)22(30)28(2)3/h5-7,9-12,17H,8,13-16H2,1-4H3,(H2,25,26,27). The lowest BCUT2D eigenvalue weighted by Gasteiger charge is -2.20. The zero-order valence-electron chi connectivity index (χ0n) is 18.3. The maximum atomic E-state index is 13.8. The van der Waals surface area contributed by atoms with E-state index in [1.54, 1.807) is 38.2 Å². The third-order valence-corrected chi connectivity index (χ3v) is 4.74. The maximum Gasteiger partial charge on any atom is 0.253 e. The van der Waals surface area contributed by atoms with Gasteiger partial charge in [-0.1, -0.05) is 24.3 Å². The average Bonchev–Trinajstić information content (AvgIpc) is 2.75. The molecule has 30 heavy (non-hydrogen) atoms. The summed E-state index contributed by atoms with van der Waals surface area (Å²) in [5, 5.41) is 6.57. The number of rotatable bonds is 9. The first-order chi connectivity index (χ1) is 14.4. The Morgan fingerprint density at radius 2 is 1.77 bits per heavy atom. The van der Waals surface area contributed by atoms with Crippen molar-refractivity contribution in [3.8, 4) is 0 Å². The molecule has 0 aliphatic carbocycles. The number of halogens is 1. The number of carbonyl (C=O) groups is 1. The molecule has 2 aromatic carbocycles. The highest BCUT2D eigenvalue weighted by molar-refractivity contribution is 5.94. The zero-order valence-corrected chi connectivity index (χ0v) is 18.3. The minimum absolute atomic E-state index is 0.00244. The largest absolute Gasteiger partial charge is 0.372 e. The zero-order chi connectivity index (χ0) is 21.9. The third-order valence-electron chi connectivity index (χ3n) is 4.74. The first-order valence-corrected chi connectivity index (χ1v) is 10.1. The normalized spacial score (nSPS) is 11.2. The van der Waals surface area contributed by atoms with Gasteiger partial charge in [0.1, 0.15) is 5.82 Å². The molecule has 0 bridgehead atoms. The van der Waals surface area contributed by atoms with Crippen molar-refractivity contribution in [1.82, 2.24) is 15.5 Å². The summed E-state index contributed by atoms with van der Waals surface area (Å²) in [7, 11) is 7.12. The number of nitrogens with one attached hydrogen (secondary N) is 2. The second-order valence-corrected chi connectivity index (χ2v) is 7.30. The van der Waals surface area contributed by atoms with Crippen molar-refractivity contribution >= 4 is 17.6 Å². The third kappa shape index (κ3) is 7.06. The van der Waals surface area contributed by atoms with Crippen LogP contribution in [-0.4, -0.2) is 64.6 Å². The summed E-state index contributed by atoms with van der Waals surface area (Å²) < 4.78 is 13.8. The summed E-state index contributed by atoms with van der Waals surface area (Å²) in [4.78, 5) is 19.8. The molecule has 0 heterocycles. The first kappa shape index (κ1) is 23.2. The molecule has 0 unspecified atom stereocenters. The minimum Gasteiger partial charge on any atom is -0.372 e. The van der Waals surface area contributed by atoms with E-state index in [0.717, 1.165) is 37.5 Å². The van der Waals surface area contributed by atoms with Crippen molar-refractivity contribution in [2.75, 3.05) is 52.7 Å². The quantitative estimate of drug-likeness (QED) is 0.377. The summed E-state index contributed by atoms with van der Waals surface area (Å²) in [5.41, 5.74) is 2.39. The fourth-order valence-corrected chi connectivity index (χ4v) is 3.07. The van der Waals surface area contributed by atoms with Crippen LogP contribution in [0, 0.1) is 5.82 Å². The summed E-state index contributed by atoms with van der Waals surface area (Å²) in [6.45, 7) is 2.16. The van der Waals surface area contributed by atoms with Crippen LogP contribution in [0.2, 0.25) is 0 Å². The second kappa shape index (κ2) is 11.8. The lowest BCUT2D eigenvalue weighted by molar-refractivity contribution is 0.0827. The van der Waals surface area contributed by atoms with Crippen LogP contribution in [0.15, 0.2) is 53.5 Å². The van der Waals surface area contributed by atoms with Gasteiger partial charge in [-0.25, -0.2) is 4.39 Å². The molecule has 162 valence electrons. The highest BCUT2D eigenvalue weighted by Crippen LogP contribution is 2.16. The summed E-state index contributed by atoms with van der Waals surface area (Å²) in [6, 6.07) is 14.5. The molecule has 7 heteroatoms. The van der Waals surface area contributed by atoms with Gasteiger partial charge >= 0.3 is 0 Å². The molecular formula is C23H32FN5O. The van der Waals surface area contributed by atoms with E-state index in [1.807, 2.05) is 42.3 Å². The number of benzene rings is 2. The van der Waals surface area contributed by atoms with Gasteiger partial charge in [-0.15, -0.1) is 0 Å². The van der Waals surface area contributed by atoms with Gasteiger partial charge in [0.15, 0.2) is 5.96 Å². The van der Waals surface area contributed by atoms with Crippen molar-refractivity contribution in [2.24, 2.45) is 4.99 Å². The Morgan fingerprint density at radius 1 is 1.03 bits per heavy atom. The monoisotopic (exact) mass is 413 g/mol. The van der Waals surface area contributed by atoms with Crippen molar-refractivity contribution in [3.05, 3.63) is 65.5 Å². The van der Waals surface area contributed by atoms with Crippen LogP contribution in [0.25, 0.3) is 0 Å². The Kier molecular flexibility index (Phi) is 9.12. The summed E-state index contributed by atoms with van der Waals surface area (Å²) in [5.74, 6) is 0.522. The van der Waals surface area contributed by atoms with Crippen molar-refractivity contribution in [2.45, 2.75) is 12.8 Å². The van der Waals surface area contributed by atoms with Gasteiger partial charge in [0.2, 0.25) is 0 Å². The number of carbonyl (C=O) groups excluding carboxylic acids is 1. The van der Waals surface area contributed by atoms with Crippen LogP contribution in [-0.2, 0) is 6.42 Å². The van der Waals surface area contributed by atoms with E-state index in [-0.39, 0.29) is 11.7 Å². The number of guanidine groups is 1. The molecule has 0 saturated carbocycles. The summed E-state index contributed by atoms with van der Waals surface area (Å²) in [6.07, 6.45) is 1.63. The van der Waals surface area contributed by atoms with E-state index in [0.29, 0.717) is 17.8 Å². The van der Waals surface area contributed by atoms with Crippen molar-refractivity contribution < 1.29 is 9.18 Å². The fourth-order valence-electron chi connectivity index (χ4n) is 3.07. The highest BCUT2D eigenvalue weighted by Gasteiger charge is 2.08. The van der Waals surface area contributed by atoms with Crippen LogP contribution < -0.4 is 15.5 Å². The minimum atomic E-state index is -0.207. The lowest BCUT2D eigenvalue weighted by atomic mass is 10.1. The van der Waals surface area contributed by atoms with Crippen LogP contribution in [0.3, 0.4) is 0 Å². The van der Waals surface area contributed by atoms with E-state index in [2.05, 4.69) is 15.6 Å². The Morgan fingerprint density at radius 3 is 2.47 bits per heavy atom. The predicted molar refractivity (Wildman–Crippen MR) is 122 cm³/mol. The van der Waals surface area contributed by atoms with Gasteiger partial charge in [0.25, 0.3) is 5.91 Å². The Bertz CT molecular complexity index is 853. The Hall–Kier alpha value is -3.09. The Labute approximate surface area is 178 Å². The first-order valence-electron chi connectivity index (χ1n) is 10.1. The molecule has 1 amide bonds. The van der Waals surface area contributed by atoms with Crippen molar-refractivity contribution in [1.29, 1.82) is 0 Å². The molecule has 0 aromatic heterocycles. The van der Waals surface area contributed by atoms with Crippen LogP contribution >= 0.6 is 0 Å². The fraction of sp³-hybridized carbons (Fsp3) is 0.391. The molecule has 0 fully saturated rings. The molecule has 0 atom stereocenters. The molecule has 0 radical (unpaired) electrons. The van der Waals surface area contributed by atoms with Gasteiger partial charge in [0.05, 0.1) is 5.69 Å². The molecule has 2 rings (SSSR count). The van der Waals surface area contributed by atoms with E-state index >= 15 is 0 Å². The lowest BCUT2D eigenvalue weighted by Crippen LogP contribution is -2.39. The molecule has 0 aliphatic rings. The number of amides is 1. The molecular weight excluding hydrogens is 381 g/mol. The van der Waals surface area contributed by atoms with Gasteiger partial charge < -0.3 is 20.4 Å². The Balaban J connectivity index is 1.72. The van der Waals surface area contributed by atoms with Gasteiger partial charge in [-0.05, 0) is 42.7 Å². The van der Waals surface area contributed by atoms with Crippen LogP contribution in [0.5, 0.6) is 0 Å². The molecule has 6 nitrogen and oxygen atoms in total. The van der Waals surface area contributed by atoms with E-state index in [4.69, 9.17) is 0 Å². The number of hydrogen-bond donors (Lipinski definition) is 2. The molecule has 2 aromatic rings. The van der Waals surface area contributed by atoms with Gasteiger partial charge in [-0.3, -0.25) is 9.79 Å². The molecule has 0 spiro atoms. The number of aliphatic imine (C=N–C) groups is 1.